The van der Waals surface area contributed by atoms with Crippen LogP contribution in [-0.4, -0.2) is 38.2 Å². The molecule has 160 valence electrons. The number of amides is 1. The highest BCUT2D eigenvalue weighted by atomic mass is 16.6. The second-order valence-electron chi connectivity index (χ2n) is 6.99. The molecule has 0 radical (unpaired) electrons. The Morgan fingerprint density at radius 2 is 1.90 bits per heavy atom. The van der Waals surface area contributed by atoms with Crippen LogP contribution < -0.4 is 4.90 Å². The van der Waals surface area contributed by atoms with Crippen molar-refractivity contribution in [2.75, 3.05) is 11.4 Å². The quantitative estimate of drug-likeness (QED) is 0.321. The Morgan fingerprint density at radius 1 is 1.16 bits per heavy atom. The zero-order chi connectivity index (χ0) is 22.4. The van der Waals surface area contributed by atoms with E-state index in [0.717, 1.165) is 0 Å². The third kappa shape index (κ3) is 5.33. The van der Waals surface area contributed by atoms with E-state index in [2.05, 4.69) is 5.10 Å². The number of nitro groups is 1. The molecule has 0 saturated heterocycles. The molecule has 9 heteroatoms. The lowest BCUT2D eigenvalue weighted by Crippen LogP contribution is -2.40. The third-order valence-electron chi connectivity index (χ3n) is 4.84. The first-order valence-electron chi connectivity index (χ1n) is 9.73. The van der Waals surface area contributed by atoms with Gasteiger partial charge in [-0.25, -0.2) is 0 Å². The molecule has 9 nitrogen and oxygen atoms in total. The highest BCUT2D eigenvalue weighted by Crippen LogP contribution is 2.20. The van der Waals surface area contributed by atoms with E-state index in [1.165, 1.54) is 23.2 Å². The highest BCUT2D eigenvalue weighted by molar-refractivity contribution is 6.05. The zero-order valence-electron chi connectivity index (χ0n) is 16.9. The largest absolute Gasteiger partial charge is 0.481 e. The summed E-state index contributed by atoms with van der Waals surface area (Å²) in [6.45, 7) is 2.43. The van der Waals surface area contributed by atoms with E-state index >= 15 is 0 Å². The minimum absolute atomic E-state index is 0.00750. The molecule has 0 spiro atoms. The number of non-ortho nitro benzene ring substituents is 1. The van der Waals surface area contributed by atoms with Crippen LogP contribution >= 0.6 is 0 Å². The molecule has 1 amide bonds. The number of carbonyl (C=O) groups is 2. The molecule has 0 fully saturated rings. The van der Waals surface area contributed by atoms with Crippen molar-refractivity contribution in [3.63, 3.8) is 0 Å². The monoisotopic (exact) mass is 422 g/mol. The van der Waals surface area contributed by atoms with Crippen molar-refractivity contribution in [2.24, 2.45) is 5.92 Å². The normalized spacial score (nSPS) is 11.6. The van der Waals surface area contributed by atoms with Gasteiger partial charge in [-0.3, -0.25) is 24.4 Å². The maximum atomic E-state index is 13.0. The van der Waals surface area contributed by atoms with Crippen LogP contribution in [0.4, 0.5) is 11.4 Å². The fourth-order valence-corrected chi connectivity index (χ4v) is 3.33. The van der Waals surface area contributed by atoms with Crippen molar-refractivity contribution in [2.45, 2.75) is 19.9 Å². The average molecular weight is 422 g/mol. The molecule has 2 aromatic carbocycles. The molecule has 0 aliphatic carbocycles. The van der Waals surface area contributed by atoms with Crippen LogP contribution in [-0.2, 0) is 22.6 Å². The molecule has 0 bridgehead atoms. The van der Waals surface area contributed by atoms with Gasteiger partial charge in [-0.1, -0.05) is 30.3 Å². The number of carbonyl (C=O) groups excluding carboxylic acids is 1. The van der Waals surface area contributed by atoms with E-state index in [9.17, 15) is 24.8 Å². The average Bonchev–Trinajstić information content (AvgIpc) is 3.20. The van der Waals surface area contributed by atoms with Gasteiger partial charge in [0.25, 0.3) is 5.69 Å². The lowest BCUT2D eigenvalue weighted by Gasteiger charge is -2.24. The number of carboxylic acids is 1. The Balaban J connectivity index is 1.75. The molecule has 1 atom stereocenters. The number of hydrogen-bond acceptors (Lipinski definition) is 5. The van der Waals surface area contributed by atoms with Gasteiger partial charge in [0.2, 0.25) is 5.91 Å². The van der Waals surface area contributed by atoms with Crippen LogP contribution in [0.1, 0.15) is 18.1 Å². The summed E-state index contributed by atoms with van der Waals surface area (Å²) < 4.78 is 1.56. The number of nitrogens with zero attached hydrogens (tertiary/aromatic N) is 4. The van der Waals surface area contributed by atoms with Gasteiger partial charge in [0.1, 0.15) is 5.92 Å². The van der Waals surface area contributed by atoms with E-state index < -0.39 is 22.7 Å². The molecule has 0 aliphatic heterocycles. The molecule has 3 rings (SSSR count). The minimum atomic E-state index is -1.25. The predicted molar refractivity (Wildman–Crippen MR) is 114 cm³/mol. The second-order valence-corrected chi connectivity index (χ2v) is 6.99. The summed E-state index contributed by atoms with van der Waals surface area (Å²) >= 11 is 0. The fourth-order valence-electron chi connectivity index (χ4n) is 3.33. The Bertz CT molecular complexity index is 1080. The van der Waals surface area contributed by atoms with Crippen LogP contribution in [0.3, 0.4) is 0 Å². The number of anilines is 1. The third-order valence-corrected chi connectivity index (χ3v) is 4.84. The van der Waals surface area contributed by atoms with Gasteiger partial charge >= 0.3 is 5.97 Å². The van der Waals surface area contributed by atoms with Crippen molar-refractivity contribution in [3.8, 4) is 0 Å². The van der Waals surface area contributed by atoms with Crippen molar-refractivity contribution < 1.29 is 19.6 Å². The number of hydrogen-bond donors (Lipinski definition) is 1. The summed E-state index contributed by atoms with van der Waals surface area (Å²) in [6.07, 6.45) is 3.16. The summed E-state index contributed by atoms with van der Waals surface area (Å²) in [4.78, 5) is 36.7. The van der Waals surface area contributed by atoms with Crippen LogP contribution in [0.5, 0.6) is 0 Å². The van der Waals surface area contributed by atoms with Crippen LogP contribution in [0, 0.1) is 16.0 Å². The lowest BCUT2D eigenvalue weighted by atomic mass is 9.99. The number of rotatable bonds is 9. The summed E-state index contributed by atoms with van der Waals surface area (Å²) in [5.74, 6) is -2.95. The zero-order valence-corrected chi connectivity index (χ0v) is 16.9. The molecule has 1 unspecified atom stereocenters. The molecule has 1 N–H and O–H groups in total. The van der Waals surface area contributed by atoms with E-state index in [4.69, 9.17) is 0 Å². The number of carboxylic acid groups (broad SMARTS) is 1. The van der Waals surface area contributed by atoms with Crippen molar-refractivity contribution >= 4 is 23.3 Å². The Kier molecular flexibility index (Phi) is 6.76. The highest BCUT2D eigenvalue weighted by Gasteiger charge is 2.31. The maximum Gasteiger partial charge on any atom is 0.316 e. The van der Waals surface area contributed by atoms with Gasteiger partial charge in [0.05, 0.1) is 17.7 Å². The second kappa shape index (κ2) is 9.66. The minimum Gasteiger partial charge on any atom is -0.481 e. The SMILES string of the molecule is CCN(C(=O)C(Cc1cnn(Cc2cccc([N+](=O)[O-])c2)c1)C(=O)O)c1ccccc1. The predicted octanol–water partition coefficient (Wildman–Crippen LogP) is 3.14. The van der Waals surface area contributed by atoms with Crippen LogP contribution in [0.15, 0.2) is 67.0 Å². The lowest BCUT2D eigenvalue weighted by molar-refractivity contribution is -0.384. The fraction of sp³-hybridized carbons (Fsp3) is 0.227. The summed E-state index contributed by atoms with van der Waals surface area (Å²) in [6, 6.07) is 15.1. The molecule has 3 aromatic rings. The van der Waals surface area contributed by atoms with Gasteiger partial charge in [-0.05, 0) is 36.6 Å². The molecule has 0 saturated carbocycles. The van der Waals surface area contributed by atoms with Crippen LogP contribution in [0.2, 0.25) is 0 Å². The van der Waals surface area contributed by atoms with E-state index in [1.54, 1.807) is 54.2 Å². The topological polar surface area (TPSA) is 119 Å². The maximum absolute atomic E-state index is 13.0. The number of nitro benzene ring substituents is 1. The van der Waals surface area contributed by atoms with Gasteiger partial charge in [0.15, 0.2) is 0 Å². The molecule has 1 aromatic heterocycles. The summed E-state index contributed by atoms with van der Waals surface area (Å²) in [5.41, 5.74) is 1.91. The van der Waals surface area contributed by atoms with E-state index in [-0.39, 0.29) is 12.1 Å². The first-order chi connectivity index (χ1) is 14.9. The van der Waals surface area contributed by atoms with Crippen molar-refractivity contribution in [3.05, 3.63) is 88.2 Å². The number of aliphatic carboxylic acids is 1. The van der Waals surface area contributed by atoms with Gasteiger partial charge in [0, 0.05) is 30.6 Å². The smallest absolute Gasteiger partial charge is 0.316 e. The van der Waals surface area contributed by atoms with E-state index in [0.29, 0.717) is 29.9 Å². The van der Waals surface area contributed by atoms with Gasteiger partial charge in [-0.15, -0.1) is 0 Å². The molecular formula is C22H22N4O5. The van der Waals surface area contributed by atoms with Gasteiger partial charge < -0.3 is 10.0 Å². The number of benzene rings is 2. The van der Waals surface area contributed by atoms with Crippen molar-refractivity contribution in [1.82, 2.24) is 9.78 Å². The number of aromatic nitrogens is 2. The summed E-state index contributed by atoms with van der Waals surface area (Å²) in [7, 11) is 0. The molecule has 0 aliphatic rings. The van der Waals surface area contributed by atoms with Crippen LogP contribution in [0.25, 0.3) is 0 Å². The molecule has 1 heterocycles. The van der Waals surface area contributed by atoms with E-state index in [1.807, 2.05) is 6.07 Å². The van der Waals surface area contributed by atoms with Gasteiger partial charge in [-0.2, -0.15) is 5.10 Å². The number of para-hydroxylation sites is 1. The Morgan fingerprint density at radius 3 is 2.55 bits per heavy atom. The summed E-state index contributed by atoms with van der Waals surface area (Å²) in [5, 5.41) is 24.8. The van der Waals surface area contributed by atoms with Crippen molar-refractivity contribution in [1.29, 1.82) is 0 Å². The Labute approximate surface area is 178 Å². The Hall–Kier alpha value is -4.01. The first kappa shape index (κ1) is 21.7. The molecular weight excluding hydrogens is 400 g/mol. The first-order valence-corrected chi connectivity index (χ1v) is 9.73. The molecule has 31 heavy (non-hydrogen) atoms. The standard InChI is InChI=1S/C22H22N4O5/c1-2-25(18-8-4-3-5-9-18)21(27)20(22(28)29)12-17-13-23-24(15-17)14-16-7-6-10-19(11-16)26(30)31/h3-11,13,15,20H,2,12,14H2,1H3,(H,28,29).